The molecule has 1 saturated carbocycles. The molecule has 1 unspecified atom stereocenters. The summed E-state index contributed by atoms with van der Waals surface area (Å²) in [6, 6.07) is 9.43. The number of aryl methyl sites for hydroxylation is 1. The number of nitrogens with one attached hydrogen (secondary N) is 1. The monoisotopic (exact) mass is 441 g/mol. The molecular formula is C24H31N3O5. The first-order chi connectivity index (χ1) is 15.5. The highest BCUT2D eigenvalue weighted by Crippen LogP contribution is 2.49. The number of likely N-dealkylation sites (tertiary alicyclic amines) is 1. The smallest absolute Gasteiger partial charge is 0.276 e. The van der Waals surface area contributed by atoms with E-state index in [-0.39, 0.29) is 35.4 Å². The van der Waals surface area contributed by atoms with Gasteiger partial charge in [-0.1, -0.05) is 36.2 Å². The van der Waals surface area contributed by atoms with Gasteiger partial charge in [0.25, 0.3) is 5.91 Å². The molecule has 1 aliphatic heterocycles. The lowest BCUT2D eigenvalue weighted by Crippen LogP contribution is -2.41. The van der Waals surface area contributed by atoms with E-state index < -0.39 is 0 Å². The zero-order valence-electron chi connectivity index (χ0n) is 18.8. The minimum absolute atomic E-state index is 0.00298. The van der Waals surface area contributed by atoms with E-state index in [0.717, 1.165) is 25.7 Å². The number of aromatic nitrogens is 1. The molecular weight excluding hydrogens is 410 g/mol. The van der Waals surface area contributed by atoms with Crippen molar-refractivity contribution in [1.29, 1.82) is 0 Å². The van der Waals surface area contributed by atoms with Crippen LogP contribution in [-0.4, -0.2) is 55.2 Å². The number of amides is 2. The summed E-state index contributed by atoms with van der Waals surface area (Å²) in [4.78, 5) is 28.2. The molecule has 1 saturated heterocycles. The fourth-order valence-electron chi connectivity index (χ4n) is 5.02. The van der Waals surface area contributed by atoms with E-state index in [1.165, 1.54) is 0 Å². The second kappa shape index (κ2) is 9.73. The Labute approximate surface area is 188 Å². The van der Waals surface area contributed by atoms with Crippen LogP contribution < -0.4 is 10.1 Å². The molecule has 2 fully saturated rings. The Morgan fingerprint density at radius 1 is 1.25 bits per heavy atom. The second-order valence-corrected chi connectivity index (χ2v) is 8.76. The summed E-state index contributed by atoms with van der Waals surface area (Å²) in [7, 11) is 1.61. The highest BCUT2D eigenvalue weighted by molar-refractivity contribution is 5.95. The molecule has 1 aromatic carbocycles. The second-order valence-electron chi connectivity index (χ2n) is 8.76. The molecule has 8 nitrogen and oxygen atoms in total. The SMILES string of the molecule is COCCNC(=O)C1CN(C(=O)c2noc(C)c2COc2ccccc2)CC12CCCC2. The molecule has 0 bridgehead atoms. The first-order valence-corrected chi connectivity index (χ1v) is 11.2. The third-order valence-electron chi connectivity index (χ3n) is 6.77. The van der Waals surface area contributed by atoms with Gasteiger partial charge in [-0.05, 0) is 31.9 Å². The maximum atomic E-state index is 13.5. The Kier molecular flexibility index (Phi) is 6.79. The fraction of sp³-hybridized carbons (Fsp3) is 0.542. The van der Waals surface area contributed by atoms with Gasteiger partial charge in [-0.15, -0.1) is 0 Å². The number of hydrogen-bond donors (Lipinski definition) is 1. The maximum absolute atomic E-state index is 13.5. The Balaban J connectivity index is 1.49. The lowest BCUT2D eigenvalue weighted by molar-refractivity contribution is -0.127. The van der Waals surface area contributed by atoms with E-state index in [2.05, 4.69) is 10.5 Å². The molecule has 1 aromatic heterocycles. The predicted molar refractivity (Wildman–Crippen MR) is 117 cm³/mol. The lowest BCUT2D eigenvalue weighted by Gasteiger charge is -2.28. The number of para-hydroxylation sites is 1. The van der Waals surface area contributed by atoms with Gasteiger partial charge < -0.3 is 24.2 Å². The molecule has 1 spiro atoms. The third kappa shape index (κ3) is 4.50. The summed E-state index contributed by atoms with van der Waals surface area (Å²) in [5.74, 6) is 0.858. The minimum atomic E-state index is -0.220. The first-order valence-electron chi connectivity index (χ1n) is 11.2. The van der Waals surface area contributed by atoms with E-state index >= 15 is 0 Å². The number of nitrogens with zero attached hydrogens (tertiary/aromatic N) is 2. The van der Waals surface area contributed by atoms with Gasteiger partial charge in [-0.3, -0.25) is 9.59 Å². The van der Waals surface area contributed by atoms with Crippen LogP contribution in [0, 0.1) is 18.3 Å². The predicted octanol–water partition coefficient (Wildman–Crippen LogP) is 2.96. The summed E-state index contributed by atoms with van der Waals surface area (Å²) in [6.07, 6.45) is 4.09. The van der Waals surface area contributed by atoms with Crippen LogP contribution in [0.5, 0.6) is 5.75 Å². The van der Waals surface area contributed by atoms with Crippen molar-refractivity contribution >= 4 is 11.8 Å². The molecule has 2 amide bonds. The van der Waals surface area contributed by atoms with Crippen LogP contribution in [0.3, 0.4) is 0 Å². The molecule has 8 heteroatoms. The van der Waals surface area contributed by atoms with Crippen molar-refractivity contribution in [3.63, 3.8) is 0 Å². The van der Waals surface area contributed by atoms with Crippen LogP contribution in [-0.2, 0) is 16.1 Å². The Morgan fingerprint density at radius 3 is 2.72 bits per heavy atom. The average Bonchev–Trinajstić information content (AvgIpc) is 3.52. The average molecular weight is 442 g/mol. The van der Waals surface area contributed by atoms with Crippen LogP contribution in [0.4, 0.5) is 0 Å². The molecule has 2 aliphatic rings. The van der Waals surface area contributed by atoms with Gasteiger partial charge in [-0.25, -0.2) is 0 Å². The van der Waals surface area contributed by atoms with Crippen molar-refractivity contribution in [2.24, 2.45) is 11.3 Å². The molecule has 1 N–H and O–H groups in total. The molecule has 2 aromatic rings. The Hall–Kier alpha value is -2.87. The molecule has 32 heavy (non-hydrogen) atoms. The van der Waals surface area contributed by atoms with Gasteiger partial charge in [0, 0.05) is 32.2 Å². The van der Waals surface area contributed by atoms with Gasteiger partial charge in [0.2, 0.25) is 5.91 Å². The molecule has 2 heterocycles. The molecule has 0 radical (unpaired) electrons. The van der Waals surface area contributed by atoms with Crippen molar-refractivity contribution in [2.45, 2.75) is 39.2 Å². The number of rotatable bonds is 8. The molecule has 172 valence electrons. The summed E-state index contributed by atoms with van der Waals surface area (Å²) in [6.45, 7) is 3.88. The number of benzene rings is 1. The fourth-order valence-corrected chi connectivity index (χ4v) is 5.02. The highest BCUT2D eigenvalue weighted by atomic mass is 16.5. The highest BCUT2D eigenvalue weighted by Gasteiger charge is 2.52. The summed E-state index contributed by atoms with van der Waals surface area (Å²) in [5, 5.41) is 7.03. The van der Waals surface area contributed by atoms with Gasteiger partial charge >= 0.3 is 0 Å². The van der Waals surface area contributed by atoms with Crippen LogP contribution in [0.2, 0.25) is 0 Å². The van der Waals surface area contributed by atoms with Crippen molar-refractivity contribution in [3.8, 4) is 5.75 Å². The summed E-state index contributed by atoms with van der Waals surface area (Å²) in [5.41, 5.74) is 0.756. The zero-order valence-corrected chi connectivity index (χ0v) is 18.8. The quantitative estimate of drug-likeness (QED) is 0.633. The summed E-state index contributed by atoms with van der Waals surface area (Å²) >= 11 is 0. The van der Waals surface area contributed by atoms with Crippen LogP contribution >= 0.6 is 0 Å². The normalized spacial score (nSPS) is 19.4. The summed E-state index contributed by atoms with van der Waals surface area (Å²) < 4.78 is 16.2. The van der Waals surface area contributed by atoms with E-state index in [0.29, 0.717) is 43.3 Å². The first kappa shape index (κ1) is 22.3. The Bertz CT molecular complexity index is 936. The standard InChI is InChI=1S/C24H31N3O5/c1-17-19(15-31-18-8-4-3-5-9-18)21(26-32-17)23(29)27-14-20(22(28)25-12-13-30-2)24(16-27)10-6-7-11-24/h3-5,8-9,20H,6-7,10-16H2,1-2H3,(H,25,28). The van der Waals surface area contributed by atoms with E-state index in [1.54, 1.807) is 18.9 Å². The largest absolute Gasteiger partial charge is 0.489 e. The Morgan fingerprint density at radius 2 is 2.00 bits per heavy atom. The zero-order chi connectivity index (χ0) is 22.6. The van der Waals surface area contributed by atoms with Crippen molar-refractivity contribution in [3.05, 3.63) is 47.3 Å². The van der Waals surface area contributed by atoms with Crippen LogP contribution in [0.1, 0.15) is 47.5 Å². The van der Waals surface area contributed by atoms with Gasteiger partial charge in [0.05, 0.1) is 18.1 Å². The molecule has 1 atom stereocenters. The van der Waals surface area contributed by atoms with Gasteiger partial charge in [0.1, 0.15) is 18.1 Å². The van der Waals surface area contributed by atoms with Gasteiger partial charge in [-0.2, -0.15) is 0 Å². The van der Waals surface area contributed by atoms with Crippen LogP contribution in [0.15, 0.2) is 34.9 Å². The third-order valence-corrected chi connectivity index (χ3v) is 6.77. The van der Waals surface area contributed by atoms with Gasteiger partial charge in [0.15, 0.2) is 5.69 Å². The molecule has 1 aliphatic carbocycles. The van der Waals surface area contributed by atoms with Crippen molar-refractivity contribution in [2.75, 3.05) is 33.4 Å². The maximum Gasteiger partial charge on any atom is 0.276 e. The number of hydrogen-bond acceptors (Lipinski definition) is 6. The minimum Gasteiger partial charge on any atom is -0.489 e. The number of methoxy groups -OCH3 is 1. The van der Waals surface area contributed by atoms with E-state index in [1.807, 2.05) is 30.3 Å². The number of ether oxygens (including phenoxy) is 2. The molecule has 4 rings (SSSR count). The number of carbonyl (C=O) groups is 2. The van der Waals surface area contributed by atoms with E-state index in [9.17, 15) is 9.59 Å². The van der Waals surface area contributed by atoms with Crippen molar-refractivity contribution < 1.29 is 23.6 Å². The van der Waals surface area contributed by atoms with E-state index in [4.69, 9.17) is 14.0 Å². The lowest BCUT2D eigenvalue weighted by atomic mass is 9.76. The number of carbonyl (C=O) groups excluding carboxylic acids is 2. The van der Waals surface area contributed by atoms with Crippen molar-refractivity contribution in [1.82, 2.24) is 15.4 Å². The topological polar surface area (TPSA) is 93.9 Å². The van der Waals surface area contributed by atoms with Crippen LogP contribution in [0.25, 0.3) is 0 Å².